The average molecular weight is 610 g/mol. The van der Waals surface area contributed by atoms with E-state index in [1.165, 1.54) is 18.9 Å². The second-order valence-electron chi connectivity index (χ2n) is 8.94. The quantitative estimate of drug-likeness (QED) is 0.151. The van der Waals surface area contributed by atoms with E-state index in [0.29, 0.717) is 16.4 Å². The van der Waals surface area contributed by atoms with Crippen molar-refractivity contribution in [3.8, 4) is 34.0 Å². The van der Waals surface area contributed by atoms with Crippen LogP contribution in [-0.4, -0.2) is 61.0 Å². The van der Waals surface area contributed by atoms with Crippen molar-refractivity contribution in [1.29, 1.82) is 0 Å². The molecule has 0 aliphatic rings. The standard InChI is InChI=1S/C30H31N3O7S2/c1-7-40-29(36)25-16(2)22(28(35)39-6)27(42-25)33-26(34)17(3)41-30-31-23(18-8-12-20(37-4)13-9-18)24(32-30)19-10-14-21(38-5)15-11-19/h8-15,17H,7H2,1-6H3,(H,31,32)(H,33,34). The fraction of sp³-hybridized carbons (Fsp3) is 0.267. The molecule has 2 aromatic carbocycles. The molecule has 1 atom stereocenters. The molecule has 2 heterocycles. The van der Waals surface area contributed by atoms with Crippen molar-refractivity contribution in [2.45, 2.75) is 31.2 Å². The molecule has 0 fully saturated rings. The van der Waals surface area contributed by atoms with Crippen molar-refractivity contribution < 1.29 is 33.3 Å². The highest BCUT2D eigenvalue weighted by Crippen LogP contribution is 2.37. The number of imidazole rings is 1. The molecule has 0 aliphatic heterocycles. The second kappa shape index (κ2) is 13.6. The Balaban J connectivity index is 1.62. The van der Waals surface area contributed by atoms with Gasteiger partial charge >= 0.3 is 11.9 Å². The van der Waals surface area contributed by atoms with Crippen LogP contribution in [0.4, 0.5) is 5.00 Å². The van der Waals surface area contributed by atoms with Crippen LogP contribution in [-0.2, 0) is 14.3 Å². The summed E-state index contributed by atoms with van der Waals surface area (Å²) in [6.45, 7) is 5.22. The van der Waals surface area contributed by atoms with E-state index < -0.39 is 17.2 Å². The maximum atomic E-state index is 13.3. The molecule has 10 nitrogen and oxygen atoms in total. The maximum Gasteiger partial charge on any atom is 0.348 e. The number of hydrogen-bond donors (Lipinski definition) is 2. The third-order valence-corrected chi connectivity index (χ3v) is 8.49. The molecule has 0 bridgehead atoms. The normalized spacial score (nSPS) is 11.5. The number of methoxy groups -OCH3 is 3. The Hall–Kier alpha value is -4.29. The van der Waals surface area contributed by atoms with E-state index >= 15 is 0 Å². The first-order chi connectivity index (χ1) is 20.2. The third kappa shape index (κ3) is 6.60. The number of thioether (sulfide) groups is 1. The van der Waals surface area contributed by atoms with Crippen LogP contribution in [0, 0.1) is 6.92 Å². The number of ether oxygens (including phenoxy) is 4. The molecule has 0 saturated heterocycles. The zero-order chi connectivity index (χ0) is 30.4. The van der Waals surface area contributed by atoms with Gasteiger partial charge in [-0.1, -0.05) is 11.8 Å². The minimum Gasteiger partial charge on any atom is -0.497 e. The highest BCUT2D eigenvalue weighted by atomic mass is 32.2. The summed E-state index contributed by atoms with van der Waals surface area (Å²) in [6.07, 6.45) is 0. The number of hydrogen-bond acceptors (Lipinski definition) is 10. The number of aromatic amines is 1. The molecular weight excluding hydrogens is 578 g/mol. The first-order valence-electron chi connectivity index (χ1n) is 13.0. The molecule has 4 rings (SSSR count). The number of thiophene rings is 1. The number of rotatable bonds is 11. The Morgan fingerprint density at radius 3 is 2.10 bits per heavy atom. The lowest BCUT2D eigenvalue weighted by Gasteiger charge is -2.10. The van der Waals surface area contributed by atoms with E-state index in [1.807, 2.05) is 48.5 Å². The Morgan fingerprint density at radius 2 is 1.55 bits per heavy atom. The molecule has 42 heavy (non-hydrogen) atoms. The van der Waals surface area contributed by atoms with Crippen molar-refractivity contribution >= 4 is 45.9 Å². The average Bonchev–Trinajstić information content (AvgIpc) is 3.57. The molecule has 12 heteroatoms. The monoisotopic (exact) mass is 609 g/mol. The topological polar surface area (TPSA) is 129 Å². The van der Waals surface area contributed by atoms with Crippen LogP contribution >= 0.6 is 23.1 Å². The Morgan fingerprint density at radius 1 is 0.952 bits per heavy atom. The van der Waals surface area contributed by atoms with E-state index in [4.69, 9.17) is 23.9 Å². The molecule has 220 valence electrons. The van der Waals surface area contributed by atoms with Crippen LogP contribution in [0.5, 0.6) is 11.5 Å². The number of nitrogens with zero attached hydrogens (tertiary/aromatic N) is 1. The van der Waals surface area contributed by atoms with Crippen LogP contribution < -0.4 is 14.8 Å². The van der Waals surface area contributed by atoms with Crippen LogP contribution in [0.2, 0.25) is 0 Å². The summed E-state index contributed by atoms with van der Waals surface area (Å²) in [5, 5.41) is 2.92. The van der Waals surface area contributed by atoms with E-state index in [0.717, 1.165) is 39.7 Å². The predicted molar refractivity (Wildman–Crippen MR) is 163 cm³/mol. The van der Waals surface area contributed by atoms with E-state index in [1.54, 1.807) is 35.0 Å². The number of carbonyl (C=O) groups excluding carboxylic acids is 3. The summed E-state index contributed by atoms with van der Waals surface area (Å²) in [5.74, 6) is -0.156. The van der Waals surface area contributed by atoms with Crippen molar-refractivity contribution in [3.05, 3.63) is 64.5 Å². The van der Waals surface area contributed by atoms with Gasteiger partial charge in [-0.05, 0) is 74.9 Å². The molecule has 2 N–H and O–H groups in total. The predicted octanol–water partition coefficient (Wildman–Crippen LogP) is 6.21. The van der Waals surface area contributed by atoms with Gasteiger partial charge in [0.25, 0.3) is 0 Å². The Bertz CT molecular complexity index is 1510. The number of nitrogens with one attached hydrogen (secondary N) is 2. The number of carbonyl (C=O) groups is 3. The van der Waals surface area contributed by atoms with Gasteiger partial charge in [-0.2, -0.15) is 0 Å². The molecule has 0 spiro atoms. The number of aromatic nitrogens is 2. The lowest BCUT2D eigenvalue weighted by molar-refractivity contribution is -0.115. The van der Waals surface area contributed by atoms with Gasteiger partial charge in [0.05, 0.1) is 50.1 Å². The molecule has 2 aromatic heterocycles. The molecule has 1 amide bonds. The van der Waals surface area contributed by atoms with E-state index in [9.17, 15) is 14.4 Å². The van der Waals surface area contributed by atoms with Crippen molar-refractivity contribution in [1.82, 2.24) is 9.97 Å². The van der Waals surface area contributed by atoms with E-state index in [2.05, 4.69) is 10.3 Å². The van der Waals surface area contributed by atoms with Crippen LogP contribution in [0.25, 0.3) is 22.5 Å². The van der Waals surface area contributed by atoms with Gasteiger partial charge in [0, 0.05) is 11.1 Å². The fourth-order valence-corrected chi connectivity index (χ4v) is 6.00. The molecule has 1 unspecified atom stereocenters. The number of benzene rings is 2. The minimum absolute atomic E-state index is 0.123. The maximum absolute atomic E-state index is 13.3. The van der Waals surface area contributed by atoms with E-state index in [-0.39, 0.29) is 28.0 Å². The van der Waals surface area contributed by atoms with Gasteiger partial charge in [-0.3, -0.25) is 4.79 Å². The summed E-state index contributed by atoms with van der Waals surface area (Å²) in [7, 11) is 4.46. The fourth-order valence-electron chi connectivity index (χ4n) is 4.11. The molecule has 0 saturated carbocycles. The molecular formula is C30H31N3O7S2. The van der Waals surface area contributed by atoms with Crippen LogP contribution in [0.15, 0.2) is 53.7 Å². The first-order valence-corrected chi connectivity index (χ1v) is 14.6. The third-order valence-electron chi connectivity index (χ3n) is 6.32. The number of amides is 1. The van der Waals surface area contributed by atoms with Gasteiger partial charge in [0.1, 0.15) is 21.4 Å². The minimum atomic E-state index is -0.658. The van der Waals surface area contributed by atoms with Crippen LogP contribution in [0.3, 0.4) is 0 Å². The molecule has 0 radical (unpaired) electrons. The molecule has 0 aliphatic carbocycles. The zero-order valence-electron chi connectivity index (χ0n) is 24.0. The van der Waals surface area contributed by atoms with Gasteiger partial charge in [-0.25, -0.2) is 14.6 Å². The lowest BCUT2D eigenvalue weighted by Crippen LogP contribution is -2.23. The highest BCUT2D eigenvalue weighted by Gasteiger charge is 2.28. The summed E-state index contributed by atoms with van der Waals surface area (Å²) in [4.78, 5) is 46.7. The Kier molecular flexibility index (Phi) is 9.92. The first kappa shape index (κ1) is 30.7. The van der Waals surface area contributed by atoms with Crippen molar-refractivity contribution in [2.75, 3.05) is 33.3 Å². The lowest BCUT2D eigenvalue weighted by atomic mass is 10.0. The Labute approximate surface area is 251 Å². The van der Waals surface area contributed by atoms with Gasteiger partial charge < -0.3 is 29.2 Å². The van der Waals surface area contributed by atoms with Crippen molar-refractivity contribution in [2.24, 2.45) is 0 Å². The van der Waals surface area contributed by atoms with Gasteiger partial charge in [0.2, 0.25) is 5.91 Å². The summed E-state index contributed by atoms with van der Waals surface area (Å²) in [5.41, 5.74) is 3.75. The largest absolute Gasteiger partial charge is 0.497 e. The summed E-state index contributed by atoms with van der Waals surface area (Å²) >= 11 is 2.20. The summed E-state index contributed by atoms with van der Waals surface area (Å²) < 4.78 is 20.6. The smallest absolute Gasteiger partial charge is 0.348 e. The molecule has 4 aromatic rings. The van der Waals surface area contributed by atoms with Gasteiger partial charge in [0.15, 0.2) is 5.16 Å². The van der Waals surface area contributed by atoms with Gasteiger partial charge in [-0.15, -0.1) is 11.3 Å². The van der Waals surface area contributed by atoms with Crippen LogP contribution in [0.1, 0.15) is 39.4 Å². The van der Waals surface area contributed by atoms with Crippen molar-refractivity contribution in [3.63, 3.8) is 0 Å². The number of anilines is 1. The summed E-state index contributed by atoms with van der Waals surface area (Å²) in [6, 6.07) is 15.1. The highest BCUT2D eigenvalue weighted by molar-refractivity contribution is 8.00. The number of H-pyrrole nitrogens is 1. The SMILES string of the molecule is CCOC(=O)c1sc(NC(=O)C(C)Sc2nc(-c3ccc(OC)cc3)c(-c3ccc(OC)cc3)[nH]2)c(C(=O)OC)c1C. The zero-order valence-corrected chi connectivity index (χ0v) is 25.7. The second-order valence-corrected chi connectivity index (χ2v) is 11.3. The number of esters is 2.